The molecule has 0 aromatic carbocycles. The molecule has 0 aliphatic carbocycles. The number of halogens is 1. The molecule has 2 nitrogen and oxygen atoms in total. The van der Waals surface area contributed by atoms with Gasteiger partial charge in [0.05, 0.1) is 0 Å². The highest BCUT2D eigenvalue weighted by Crippen LogP contribution is 2.37. The van der Waals surface area contributed by atoms with E-state index in [0.29, 0.717) is 5.92 Å². The van der Waals surface area contributed by atoms with Crippen molar-refractivity contribution in [1.82, 2.24) is 5.32 Å². The van der Waals surface area contributed by atoms with Crippen molar-refractivity contribution < 1.29 is 4.42 Å². The fraction of sp³-hybridized carbons (Fsp3) is 0.600. The van der Waals surface area contributed by atoms with Gasteiger partial charge in [0.25, 0.3) is 0 Å². The third kappa shape index (κ3) is 1.44. The van der Waals surface area contributed by atoms with Crippen molar-refractivity contribution in [2.45, 2.75) is 32.2 Å². The molecule has 1 aromatic heterocycles. The fourth-order valence-electron chi connectivity index (χ4n) is 1.82. The quantitative estimate of drug-likeness (QED) is 0.758. The molecular formula is C10H14BrNO. The zero-order valence-corrected chi connectivity index (χ0v) is 9.73. The van der Waals surface area contributed by atoms with Gasteiger partial charge in [0.15, 0.2) is 4.67 Å². The molecule has 0 amide bonds. The third-order valence-corrected chi connectivity index (χ3v) is 3.09. The van der Waals surface area contributed by atoms with Crippen LogP contribution in [0.15, 0.2) is 15.2 Å². The number of furan rings is 1. The van der Waals surface area contributed by atoms with Crippen LogP contribution in [0.5, 0.6) is 0 Å². The molecule has 0 saturated heterocycles. The van der Waals surface area contributed by atoms with E-state index in [9.17, 15) is 0 Å². The van der Waals surface area contributed by atoms with E-state index in [-0.39, 0.29) is 5.54 Å². The van der Waals surface area contributed by atoms with Crippen molar-refractivity contribution in [3.63, 3.8) is 0 Å². The van der Waals surface area contributed by atoms with E-state index in [1.165, 1.54) is 5.56 Å². The van der Waals surface area contributed by atoms with Crippen LogP contribution in [-0.4, -0.2) is 6.54 Å². The highest BCUT2D eigenvalue weighted by Gasteiger charge is 2.33. The van der Waals surface area contributed by atoms with Gasteiger partial charge in [-0.3, -0.25) is 0 Å². The minimum absolute atomic E-state index is 0.0391. The Balaban J connectivity index is 2.54. The van der Waals surface area contributed by atoms with Crippen LogP contribution in [0.2, 0.25) is 0 Å². The number of nitrogens with one attached hydrogen (secondary N) is 1. The summed E-state index contributed by atoms with van der Waals surface area (Å²) in [5.74, 6) is 1.59. The summed E-state index contributed by atoms with van der Waals surface area (Å²) in [4.78, 5) is 0. The lowest BCUT2D eigenvalue weighted by Crippen LogP contribution is -2.43. The van der Waals surface area contributed by atoms with E-state index >= 15 is 0 Å². The first-order chi connectivity index (χ1) is 6.00. The summed E-state index contributed by atoms with van der Waals surface area (Å²) in [6.07, 6.45) is 0. The number of hydrogen-bond donors (Lipinski definition) is 1. The van der Waals surface area contributed by atoms with Crippen molar-refractivity contribution in [1.29, 1.82) is 0 Å². The molecule has 0 saturated carbocycles. The lowest BCUT2D eigenvalue weighted by molar-refractivity contribution is 0.322. The Morgan fingerprint density at radius 2 is 2.31 bits per heavy atom. The molecule has 2 rings (SSSR count). The van der Waals surface area contributed by atoms with Crippen LogP contribution < -0.4 is 5.32 Å². The lowest BCUT2D eigenvalue weighted by atomic mass is 9.86. The molecule has 0 radical (unpaired) electrons. The van der Waals surface area contributed by atoms with Crippen molar-refractivity contribution >= 4 is 15.9 Å². The molecule has 3 heteroatoms. The monoisotopic (exact) mass is 243 g/mol. The summed E-state index contributed by atoms with van der Waals surface area (Å²) in [5, 5.41) is 3.50. The maximum atomic E-state index is 5.63. The molecule has 13 heavy (non-hydrogen) atoms. The molecule has 1 unspecified atom stereocenters. The summed E-state index contributed by atoms with van der Waals surface area (Å²) < 4.78 is 6.46. The Bertz CT molecular complexity index is 330. The van der Waals surface area contributed by atoms with Gasteiger partial charge in [-0.1, -0.05) is 6.92 Å². The lowest BCUT2D eigenvalue weighted by Gasteiger charge is -2.33. The first kappa shape index (κ1) is 9.28. The minimum atomic E-state index is 0.0391. The van der Waals surface area contributed by atoms with E-state index in [4.69, 9.17) is 4.42 Å². The Morgan fingerprint density at radius 3 is 2.92 bits per heavy atom. The number of hydrogen-bond acceptors (Lipinski definition) is 2. The van der Waals surface area contributed by atoms with E-state index in [1.807, 2.05) is 0 Å². The number of rotatable bonds is 0. The average Bonchev–Trinajstić information content (AvgIpc) is 2.42. The van der Waals surface area contributed by atoms with E-state index < -0.39 is 0 Å². The molecule has 1 aliphatic heterocycles. The molecule has 72 valence electrons. The molecule has 1 aliphatic rings. The van der Waals surface area contributed by atoms with Gasteiger partial charge in [-0.2, -0.15) is 0 Å². The van der Waals surface area contributed by atoms with Gasteiger partial charge in [0.2, 0.25) is 0 Å². The fourth-order valence-corrected chi connectivity index (χ4v) is 2.23. The Morgan fingerprint density at radius 1 is 1.62 bits per heavy atom. The van der Waals surface area contributed by atoms with E-state index in [1.54, 1.807) is 0 Å². The molecule has 1 atom stereocenters. The van der Waals surface area contributed by atoms with Gasteiger partial charge < -0.3 is 9.73 Å². The van der Waals surface area contributed by atoms with Crippen molar-refractivity contribution in [2.24, 2.45) is 0 Å². The molecule has 1 N–H and O–H groups in total. The van der Waals surface area contributed by atoms with Crippen molar-refractivity contribution in [2.75, 3.05) is 6.54 Å². The first-order valence-corrected chi connectivity index (χ1v) is 5.35. The van der Waals surface area contributed by atoms with Gasteiger partial charge in [-0.05, 0) is 35.8 Å². The standard InChI is InChI=1S/C10H14BrNO/c1-6-5-12-10(2,3)7-4-8(11)13-9(6)7/h4,6,12H,5H2,1-3H3. The second-order valence-corrected chi connectivity index (χ2v) is 5.02. The highest BCUT2D eigenvalue weighted by molar-refractivity contribution is 9.10. The first-order valence-electron chi connectivity index (χ1n) is 4.55. The van der Waals surface area contributed by atoms with Crippen LogP contribution in [-0.2, 0) is 5.54 Å². The van der Waals surface area contributed by atoms with Crippen LogP contribution >= 0.6 is 15.9 Å². The average molecular weight is 244 g/mol. The summed E-state index contributed by atoms with van der Waals surface area (Å²) in [6.45, 7) is 7.52. The molecule has 0 spiro atoms. The zero-order chi connectivity index (χ0) is 9.64. The highest BCUT2D eigenvalue weighted by atomic mass is 79.9. The Hall–Kier alpha value is -0.280. The molecule has 1 aromatic rings. The van der Waals surface area contributed by atoms with Gasteiger partial charge in [0.1, 0.15) is 5.76 Å². The Labute approximate surface area is 86.8 Å². The molecule has 2 heterocycles. The summed E-state index contributed by atoms with van der Waals surface area (Å²) in [5.41, 5.74) is 1.32. The SMILES string of the molecule is CC1CNC(C)(C)c2cc(Br)oc21. The summed E-state index contributed by atoms with van der Waals surface area (Å²) in [6, 6.07) is 2.07. The predicted octanol–water partition coefficient (Wildman–Crippen LogP) is 2.98. The zero-order valence-electron chi connectivity index (χ0n) is 8.15. The van der Waals surface area contributed by atoms with Crippen LogP contribution in [0, 0.1) is 0 Å². The molecule has 0 fully saturated rings. The van der Waals surface area contributed by atoms with Crippen LogP contribution in [0.3, 0.4) is 0 Å². The maximum Gasteiger partial charge on any atom is 0.169 e. The topological polar surface area (TPSA) is 25.2 Å². The molecular weight excluding hydrogens is 230 g/mol. The van der Waals surface area contributed by atoms with Gasteiger partial charge in [-0.25, -0.2) is 0 Å². The maximum absolute atomic E-state index is 5.63. The van der Waals surface area contributed by atoms with Crippen molar-refractivity contribution in [3.8, 4) is 0 Å². The van der Waals surface area contributed by atoms with Gasteiger partial charge in [-0.15, -0.1) is 0 Å². The van der Waals surface area contributed by atoms with Crippen molar-refractivity contribution in [3.05, 3.63) is 22.1 Å². The normalized spacial score (nSPS) is 25.7. The second kappa shape index (κ2) is 2.85. The van der Waals surface area contributed by atoms with Crippen LogP contribution in [0.4, 0.5) is 0 Å². The summed E-state index contributed by atoms with van der Waals surface area (Å²) in [7, 11) is 0. The van der Waals surface area contributed by atoms with E-state index in [2.05, 4.69) is 48.1 Å². The van der Waals surface area contributed by atoms with E-state index in [0.717, 1.165) is 17.0 Å². The largest absolute Gasteiger partial charge is 0.454 e. The Kier molecular flexibility index (Phi) is 2.04. The second-order valence-electron chi connectivity index (χ2n) is 4.24. The van der Waals surface area contributed by atoms with Gasteiger partial charge in [0, 0.05) is 23.6 Å². The number of fused-ring (bicyclic) bond motifs is 1. The van der Waals surface area contributed by atoms with Crippen LogP contribution in [0.25, 0.3) is 0 Å². The summed E-state index contributed by atoms with van der Waals surface area (Å²) >= 11 is 3.38. The van der Waals surface area contributed by atoms with Gasteiger partial charge >= 0.3 is 0 Å². The van der Waals surface area contributed by atoms with Crippen LogP contribution in [0.1, 0.15) is 38.0 Å². The molecule has 0 bridgehead atoms. The minimum Gasteiger partial charge on any atom is -0.454 e. The smallest absolute Gasteiger partial charge is 0.169 e. The predicted molar refractivity (Wildman–Crippen MR) is 55.9 cm³/mol. The third-order valence-electron chi connectivity index (χ3n) is 2.70.